The quantitative estimate of drug-likeness (QED) is 0.837. The van der Waals surface area contributed by atoms with Crippen molar-refractivity contribution >= 4 is 33.4 Å². The van der Waals surface area contributed by atoms with Gasteiger partial charge < -0.3 is 10.6 Å². The highest BCUT2D eigenvalue weighted by atomic mass is 79.9. The number of carbonyl (C=O) groups excluding carboxylic acids is 1. The number of carbonyl (C=O) groups is 1. The molecule has 0 aliphatic carbocycles. The zero-order valence-electron chi connectivity index (χ0n) is 9.80. The maximum absolute atomic E-state index is 11.9. The van der Waals surface area contributed by atoms with Gasteiger partial charge in [0.05, 0.1) is 5.02 Å². The molecular formula is C13H14BrClN2O. The molecule has 3 nitrogen and oxygen atoms in total. The number of hydrogen-bond donors (Lipinski definition) is 2. The van der Waals surface area contributed by atoms with E-state index >= 15 is 0 Å². The molecule has 1 aromatic carbocycles. The van der Waals surface area contributed by atoms with Crippen LogP contribution in [0, 0.1) is 0 Å². The minimum absolute atomic E-state index is 0.0937. The molecule has 1 amide bonds. The zero-order valence-corrected chi connectivity index (χ0v) is 12.1. The van der Waals surface area contributed by atoms with Crippen LogP contribution in [0.3, 0.4) is 0 Å². The van der Waals surface area contributed by atoms with E-state index in [1.165, 1.54) is 5.57 Å². The highest BCUT2D eigenvalue weighted by Gasteiger charge is 2.09. The van der Waals surface area contributed by atoms with E-state index in [0.717, 1.165) is 24.0 Å². The molecule has 2 N–H and O–H groups in total. The van der Waals surface area contributed by atoms with Crippen LogP contribution < -0.4 is 10.6 Å². The molecule has 0 saturated heterocycles. The first kappa shape index (κ1) is 13.6. The molecule has 0 unspecified atom stereocenters. The Labute approximate surface area is 120 Å². The van der Waals surface area contributed by atoms with E-state index in [1.54, 1.807) is 18.2 Å². The highest BCUT2D eigenvalue weighted by molar-refractivity contribution is 9.10. The molecule has 1 aliphatic rings. The van der Waals surface area contributed by atoms with Gasteiger partial charge in [-0.25, -0.2) is 0 Å². The third kappa shape index (κ3) is 3.57. The second-order valence-corrected chi connectivity index (χ2v) is 5.39. The summed E-state index contributed by atoms with van der Waals surface area (Å²) < 4.78 is 0.793. The molecule has 0 fully saturated rings. The molecule has 1 aliphatic heterocycles. The van der Waals surface area contributed by atoms with Gasteiger partial charge in [-0.15, -0.1) is 0 Å². The molecule has 2 rings (SSSR count). The second-order valence-electron chi connectivity index (χ2n) is 4.13. The molecule has 0 bridgehead atoms. The maximum Gasteiger partial charge on any atom is 0.251 e. The van der Waals surface area contributed by atoms with Gasteiger partial charge in [0, 0.05) is 23.1 Å². The minimum atomic E-state index is -0.0937. The first-order valence-electron chi connectivity index (χ1n) is 5.78. The lowest BCUT2D eigenvalue weighted by molar-refractivity contribution is 0.0956. The number of nitrogens with one attached hydrogen (secondary N) is 2. The first-order chi connectivity index (χ1) is 8.66. The van der Waals surface area contributed by atoms with Gasteiger partial charge in [-0.05, 0) is 47.1 Å². The molecule has 0 radical (unpaired) electrons. The Morgan fingerprint density at radius 3 is 3.00 bits per heavy atom. The van der Waals surface area contributed by atoms with Crippen LogP contribution >= 0.6 is 27.5 Å². The standard InChI is InChI=1S/C13H14BrClN2O/c14-11-2-1-10(7-12(11)15)13(18)17-8-9-3-5-16-6-4-9/h1-3,7,16H,4-6,8H2,(H,17,18). The number of rotatable bonds is 3. The largest absolute Gasteiger partial charge is 0.348 e. The van der Waals surface area contributed by atoms with E-state index in [4.69, 9.17) is 11.6 Å². The molecule has 1 aromatic rings. The van der Waals surface area contributed by atoms with Crippen LogP contribution in [0.5, 0.6) is 0 Å². The van der Waals surface area contributed by atoms with Crippen molar-refractivity contribution in [2.45, 2.75) is 6.42 Å². The Morgan fingerprint density at radius 1 is 1.50 bits per heavy atom. The third-order valence-corrected chi connectivity index (χ3v) is 4.05. The van der Waals surface area contributed by atoms with Crippen molar-refractivity contribution in [3.8, 4) is 0 Å². The van der Waals surface area contributed by atoms with Crippen LogP contribution in [0.25, 0.3) is 0 Å². The Balaban J connectivity index is 1.95. The number of halogens is 2. The van der Waals surface area contributed by atoms with Crippen LogP contribution in [-0.2, 0) is 0 Å². The van der Waals surface area contributed by atoms with Gasteiger partial charge in [-0.1, -0.05) is 23.3 Å². The zero-order chi connectivity index (χ0) is 13.0. The number of benzene rings is 1. The molecule has 1 heterocycles. The Kier molecular flexibility index (Phi) is 4.80. The Hall–Kier alpha value is -0.840. The fourth-order valence-corrected chi connectivity index (χ4v) is 2.19. The Bertz CT molecular complexity index is 488. The molecule has 5 heteroatoms. The lowest BCUT2D eigenvalue weighted by Gasteiger charge is -2.14. The monoisotopic (exact) mass is 328 g/mol. The SMILES string of the molecule is O=C(NCC1=CCNCC1)c1ccc(Br)c(Cl)c1. The first-order valence-corrected chi connectivity index (χ1v) is 6.96. The summed E-state index contributed by atoms with van der Waals surface area (Å²) in [4.78, 5) is 11.9. The molecule has 0 spiro atoms. The smallest absolute Gasteiger partial charge is 0.251 e. The molecule has 0 aromatic heterocycles. The van der Waals surface area contributed by atoms with Crippen molar-refractivity contribution in [2.75, 3.05) is 19.6 Å². The summed E-state index contributed by atoms with van der Waals surface area (Å²) in [6.07, 6.45) is 3.11. The van der Waals surface area contributed by atoms with Crippen molar-refractivity contribution < 1.29 is 4.79 Å². The van der Waals surface area contributed by atoms with Crippen molar-refractivity contribution in [2.24, 2.45) is 0 Å². The summed E-state index contributed by atoms with van der Waals surface area (Å²) in [5, 5.41) is 6.69. The summed E-state index contributed by atoms with van der Waals surface area (Å²) in [6, 6.07) is 5.20. The van der Waals surface area contributed by atoms with E-state index in [-0.39, 0.29) is 5.91 Å². The van der Waals surface area contributed by atoms with Gasteiger partial charge in [0.25, 0.3) is 5.91 Å². The maximum atomic E-state index is 11.9. The molecule has 0 saturated carbocycles. The van der Waals surface area contributed by atoms with E-state index in [0.29, 0.717) is 17.1 Å². The molecular weight excluding hydrogens is 316 g/mol. The second kappa shape index (κ2) is 6.36. The van der Waals surface area contributed by atoms with Gasteiger partial charge in [-0.3, -0.25) is 4.79 Å². The van der Waals surface area contributed by atoms with E-state index < -0.39 is 0 Å². The fraction of sp³-hybridized carbons (Fsp3) is 0.308. The summed E-state index contributed by atoms with van der Waals surface area (Å²) in [5.74, 6) is -0.0937. The van der Waals surface area contributed by atoms with E-state index in [1.807, 2.05) is 0 Å². The summed E-state index contributed by atoms with van der Waals surface area (Å²) >= 11 is 9.26. The predicted octanol–water partition coefficient (Wildman–Crippen LogP) is 2.75. The lowest BCUT2D eigenvalue weighted by Crippen LogP contribution is -2.29. The molecule has 0 atom stereocenters. The predicted molar refractivity (Wildman–Crippen MR) is 77.1 cm³/mol. The normalized spacial score (nSPS) is 15.1. The van der Waals surface area contributed by atoms with Crippen molar-refractivity contribution in [3.63, 3.8) is 0 Å². The fourth-order valence-electron chi connectivity index (χ4n) is 1.76. The van der Waals surface area contributed by atoms with Gasteiger partial charge in [0.15, 0.2) is 0 Å². The number of hydrogen-bond acceptors (Lipinski definition) is 2. The Morgan fingerprint density at radius 2 is 2.33 bits per heavy atom. The number of amides is 1. The average molecular weight is 330 g/mol. The third-order valence-electron chi connectivity index (χ3n) is 2.82. The lowest BCUT2D eigenvalue weighted by atomic mass is 10.1. The van der Waals surface area contributed by atoms with Gasteiger partial charge in [0.1, 0.15) is 0 Å². The average Bonchev–Trinajstić information content (AvgIpc) is 2.40. The summed E-state index contributed by atoms with van der Waals surface area (Å²) in [5.41, 5.74) is 1.85. The topological polar surface area (TPSA) is 41.1 Å². The highest BCUT2D eigenvalue weighted by Crippen LogP contribution is 2.23. The minimum Gasteiger partial charge on any atom is -0.348 e. The van der Waals surface area contributed by atoms with E-state index in [9.17, 15) is 4.79 Å². The van der Waals surface area contributed by atoms with Crippen LogP contribution in [0.1, 0.15) is 16.8 Å². The van der Waals surface area contributed by atoms with Crippen molar-refractivity contribution in [3.05, 3.63) is 44.9 Å². The van der Waals surface area contributed by atoms with Crippen LogP contribution in [0.4, 0.5) is 0 Å². The van der Waals surface area contributed by atoms with Gasteiger partial charge in [-0.2, -0.15) is 0 Å². The van der Waals surface area contributed by atoms with Gasteiger partial charge >= 0.3 is 0 Å². The van der Waals surface area contributed by atoms with Crippen LogP contribution in [0.2, 0.25) is 5.02 Å². The van der Waals surface area contributed by atoms with Crippen LogP contribution in [0.15, 0.2) is 34.3 Å². The summed E-state index contributed by atoms with van der Waals surface area (Å²) in [6.45, 7) is 2.47. The van der Waals surface area contributed by atoms with Crippen LogP contribution in [-0.4, -0.2) is 25.5 Å². The van der Waals surface area contributed by atoms with Crippen molar-refractivity contribution in [1.82, 2.24) is 10.6 Å². The molecule has 18 heavy (non-hydrogen) atoms. The molecule has 96 valence electrons. The van der Waals surface area contributed by atoms with Gasteiger partial charge in [0.2, 0.25) is 0 Å². The summed E-state index contributed by atoms with van der Waals surface area (Å²) in [7, 11) is 0. The van der Waals surface area contributed by atoms with E-state index in [2.05, 4.69) is 32.6 Å². The van der Waals surface area contributed by atoms with Crippen molar-refractivity contribution in [1.29, 1.82) is 0 Å².